The van der Waals surface area contributed by atoms with E-state index in [9.17, 15) is 9.18 Å². The summed E-state index contributed by atoms with van der Waals surface area (Å²) in [6.07, 6.45) is 7.01. The molecule has 1 aromatic rings. The summed E-state index contributed by atoms with van der Waals surface area (Å²) < 4.78 is 13.7. The van der Waals surface area contributed by atoms with Gasteiger partial charge in [0.2, 0.25) is 0 Å². The van der Waals surface area contributed by atoms with E-state index in [1.54, 1.807) is 24.4 Å². The van der Waals surface area contributed by atoms with Gasteiger partial charge in [-0.3, -0.25) is 4.79 Å². The van der Waals surface area contributed by atoms with E-state index in [1.807, 2.05) is 30.9 Å². The highest BCUT2D eigenvalue weighted by Crippen LogP contribution is 2.40. The van der Waals surface area contributed by atoms with Gasteiger partial charge in [-0.1, -0.05) is 32.1 Å². The predicted octanol–water partition coefficient (Wildman–Crippen LogP) is 3.15. The van der Waals surface area contributed by atoms with Crippen LogP contribution in [0, 0.1) is 11.2 Å². The average molecular weight is 243 g/mol. The van der Waals surface area contributed by atoms with Crippen LogP contribution in [0.25, 0.3) is 6.08 Å². The third-order valence-corrected chi connectivity index (χ3v) is 3.81. The zero-order valence-corrected chi connectivity index (χ0v) is 10.4. The van der Waals surface area contributed by atoms with Gasteiger partial charge in [-0.2, -0.15) is 0 Å². The highest BCUT2D eigenvalue weighted by Gasteiger charge is 2.41. The quantitative estimate of drug-likeness (QED) is 0.697. The summed E-state index contributed by atoms with van der Waals surface area (Å²) in [4.78, 5) is 13.9. The summed E-state index contributed by atoms with van der Waals surface area (Å²) >= 11 is 0. The Hall–Kier alpha value is -1.90. The Balaban J connectivity index is 2.19. The molecule has 0 saturated carbocycles. The minimum atomic E-state index is -0.491. The van der Waals surface area contributed by atoms with Gasteiger partial charge in [-0.15, -0.1) is 0 Å². The first-order valence-electron chi connectivity index (χ1n) is 5.99. The van der Waals surface area contributed by atoms with Crippen molar-refractivity contribution in [2.75, 3.05) is 4.90 Å². The molecule has 2 nitrogen and oxygen atoms in total. The summed E-state index contributed by atoms with van der Waals surface area (Å²) in [7, 11) is 0. The van der Waals surface area contributed by atoms with Gasteiger partial charge >= 0.3 is 0 Å². The molecule has 0 aromatic heterocycles. The molecule has 18 heavy (non-hydrogen) atoms. The molecule has 0 fully saturated rings. The molecule has 1 aromatic carbocycles. The maximum absolute atomic E-state index is 13.7. The molecule has 0 unspecified atom stereocenters. The van der Waals surface area contributed by atoms with Gasteiger partial charge in [-0.25, -0.2) is 4.39 Å². The number of anilines is 1. The van der Waals surface area contributed by atoms with Gasteiger partial charge in [-0.05, 0) is 18.2 Å². The van der Waals surface area contributed by atoms with Crippen LogP contribution in [-0.2, 0) is 4.79 Å². The van der Waals surface area contributed by atoms with Gasteiger partial charge < -0.3 is 4.90 Å². The fraction of sp³-hybridized carbons (Fsp3) is 0.267. The molecule has 92 valence electrons. The van der Waals surface area contributed by atoms with Crippen LogP contribution in [0.1, 0.15) is 19.4 Å². The first-order chi connectivity index (χ1) is 8.51. The van der Waals surface area contributed by atoms with Gasteiger partial charge in [0.25, 0.3) is 0 Å². The number of allylic oxidation sites excluding steroid dienone is 1. The maximum atomic E-state index is 13.7. The van der Waals surface area contributed by atoms with Crippen molar-refractivity contribution in [2.24, 2.45) is 5.41 Å². The molecule has 1 atom stereocenters. The van der Waals surface area contributed by atoms with E-state index < -0.39 is 5.41 Å². The predicted molar refractivity (Wildman–Crippen MR) is 69.6 cm³/mol. The molecular formula is C15H14FNO. The fourth-order valence-corrected chi connectivity index (χ4v) is 2.62. The van der Waals surface area contributed by atoms with Crippen LogP contribution in [0.2, 0.25) is 0 Å². The molecule has 0 amide bonds. The molecule has 2 heterocycles. The Morgan fingerprint density at radius 1 is 1.28 bits per heavy atom. The summed E-state index contributed by atoms with van der Waals surface area (Å²) in [5.74, 6) is -0.126. The molecule has 0 aliphatic carbocycles. The van der Waals surface area contributed by atoms with Crippen molar-refractivity contribution in [3.8, 4) is 0 Å². The lowest BCUT2D eigenvalue weighted by molar-refractivity contribution is -0.123. The number of carbonyl (C=O) groups is 1. The molecule has 0 bridgehead atoms. The molecule has 0 radical (unpaired) electrons. The first kappa shape index (κ1) is 11.2. The van der Waals surface area contributed by atoms with Crippen molar-refractivity contribution in [3.63, 3.8) is 0 Å². The number of hydrogen-bond donors (Lipinski definition) is 0. The lowest BCUT2D eigenvalue weighted by atomic mass is 9.75. The van der Waals surface area contributed by atoms with E-state index in [1.165, 1.54) is 6.07 Å². The van der Waals surface area contributed by atoms with Gasteiger partial charge in [0.15, 0.2) is 5.78 Å². The Morgan fingerprint density at radius 3 is 2.83 bits per heavy atom. The molecule has 0 saturated heterocycles. The fourth-order valence-electron chi connectivity index (χ4n) is 2.62. The van der Waals surface area contributed by atoms with Crippen molar-refractivity contribution in [1.29, 1.82) is 0 Å². The number of rotatable bonds is 0. The minimum Gasteiger partial charge on any atom is -0.339 e. The number of hydrogen-bond acceptors (Lipinski definition) is 2. The number of fused-ring (bicyclic) bond motifs is 3. The number of carbonyl (C=O) groups excluding carboxylic acids is 1. The Labute approximate surface area is 105 Å². The van der Waals surface area contributed by atoms with Crippen molar-refractivity contribution in [3.05, 3.63) is 47.9 Å². The second kappa shape index (κ2) is 3.55. The van der Waals surface area contributed by atoms with Crippen LogP contribution in [-0.4, -0.2) is 11.8 Å². The van der Waals surface area contributed by atoms with E-state index in [-0.39, 0.29) is 17.6 Å². The second-order valence-electron chi connectivity index (χ2n) is 5.29. The minimum absolute atomic E-state index is 0.0516. The highest BCUT2D eigenvalue weighted by atomic mass is 19.1. The van der Waals surface area contributed by atoms with Crippen molar-refractivity contribution in [2.45, 2.75) is 19.9 Å². The number of ketones is 1. The molecule has 3 rings (SSSR count). The summed E-state index contributed by atoms with van der Waals surface area (Å²) in [6, 6.07) is 4.98. The topological polar surface area (TPSA) is 20.3 Å². The van der Waals surface area contributed by atoms with Crippen LogP contribution >= 0.6 is 0 Å². The van der Waals surface area contributed by atoms with E-state index >= 15 is 0 Å². The zero-order chi connectivity index (χ0) is 12.9. The average Bonchev–Trinajstić information content (AvgIpc) is 2.34. The molecule has 2 aliphatic rings. The molecule has 3 heteroatoms. The number of nitrogens with zero attached hydrogens (tertiary/aromatic N) is 1. The van der Waals surface area contributed by atoms with E-state index in [0.29, 0.717) is 5.56 Å². The van der Waals surface area contributed by atoms with Crippen LogP contribution in [0.5, 0.6) is 0 Å². The van der Waals surface area contributed by atoms with Crippen LogP contribution in [0.4, 0.5) is 10.1 Å². The van der Waals surface area contributed by atoms with Crippen molar-refractivity contribution < 1.29 is 9.18 Å². The second-order valence-corrected chi connectivity index (χ2v) is 5.29. The number of benzene rings is 1. The molecule has 2 aliphatic heterocycles. The molecule has 0 spiro atoms. The van der Waals surface area contributed by atoms with Crippen molar-refractivity contribution >= 4 is 17.5 Å². The summed E-state index contributed by atoms with van der Waals surface area (Å²) in [5.41, 5.74) is 0.915. The standard InChI is InChI=1S/C15H14FNO/c1-15(2)13-7-6-10-11(16)4-3-5-12(10)17(13)9-8-14(15)18/h3-9,13H,1-2H3/t13-/m1/s1. The molecular weight excluding hydrogens is 229 g/mol. The highest BCUT2D eigenvalue weighted by molar-refractivity contribution is 5.98. The SMILES string of the molecule is CC1(C)C(=O)C=CN2c3cccc(F)c3C=C[C@@H]21. The summed E-state index contributed by atoms with van der Waals surface area (Å²) in [6.45, 7) is 3.84. The Bertz CT molecular complexity index is 586. The normalized spacial score (nSPS) is 23.8. The van der Waals surface area contributed by atoms with E-state index in [2.05, 4.69) is 0 Å². The zero-order valence-electron chi connectivity index (χ0n) is 10.4. The van der Waals surface area contributed by atoms with E-state index in [0.717, 1.165) is 5.69 Å². The van der Waals surface area contributed by atoms with Gasteiger partial charge in [0, 0.05) is 11.8 Å². The third-order valence-electron chi connectivity index (χ3n) is 3.81. The third kappa shape index (κ3) is 1.37. The number of halogens is 1. The lowest BCUT2D eigenvalue weighted by Crippen LogP contribution is -2.49. The Kier molecular flexibility index (Phi) is 2.21. The van der Waals surface area contributed by atoms with E-state index in [4.69, 9.17) is 0 Å². The van der Waals surface area contributed by atoms with Crippen molar-refractivity contribution in [1.82, 2.24) is 0 Å². The largest absolute Gasteiger partial charge is 0.339 e. The van der Waals surface area contributed by atoms with Crippen LogP contribution in [0.3, 0.4) is 0 Å². The first-order valence-corrected chi connectivity index (χ1v) is 5.99. The monoisotopic (exact) mass is 243 g/mol. The van der Waals surface area contributed by atoms with Gasteiger partial charge in [0.1, 0.15) is 5.82 Å². The Morgan fingerprint density at radius 2 is 2.06 bits per heavy atom. The molecule has 0 N–H and O–H groups in total. The van der Waals surface area contributed by atoms with Gasteiger partial charge in [0.05, 0.1) is 17.1 Å². The van der Waals surface area contributed by atoms with Crippen LogP contribution in [0.15, 0.2) is 36.6 Å². The smallest absolute Gasteiger partial charge is 0.165 e. The van der Waals surface area contributed by atoms with Crippen LogP contribution < -0.4 is 4.90 Å². The summed E-state index contributed by atoms with van der Waals surface area (Å²) in [5, 5.41) is 0. The maximum Gasteiger partial charge on any atom is 0.165 e. The lowest BCUT2D eigenvalue weighted by Gasteiger charge is -2.43.